The van der Waals surface area contributed by atoms with Crippen molar-refractivity contribution in [2.24, 2.45) is 5.73 Å². The molecule has 0 aromatic carbocycles. The van der Waals surface area contributed by atoms with Crippen LogP contribution in [0.4, 0.5) is 0 Å². The van der Waals surface area contributed by atoms with Crippen LogP contribution in [-0.2, 0) is 4.74 Å². The lowest BCUT2D eigenvalue weighted by Gasteiger charge is -2.18. The maximum atomic E-state index is 11.7. The first-order valence-corrected chi connectivity index (χ1v) is 7.01. The molecule has 1 aromatic rings. The number of esters is 1. The summed E-state index contributed by atoms with van der Waals surface area (Å²) in [7, 11) is 0. The van der Waals surface area contributed by atoms with Crippen LogP contribution in [0, 0.1) is 0 Å². The molecule has 1 heterocycles. The summed E-state index contributed by atoms with van der Waals surface area (Å²) >= 11 is 2.15. The van der Waals surface area contributed by atoms with Crippen molar-refractivity contribution in [3.05, 3.63) is 16.1 Å². The van der Waals surface area contributed by atoms with Crippen LogP contribution < -0.4 is 10.5 Å². The van der Waals surface area contributed by atoms with Crippen LogP contribution in [-0.4, -0.2) is 28.3 Å². The highest BCUT2D eigenvalue weighted by atomic mass is 32.2. The third-order valence-electron chi connectivity index (χ3n) is 1.55. The number of rotatable bonds is 4. The van der Waals surface area contributed by atoms with Crippen LogP contribution in [0.2, 0.25) is 0 Å². The zero-order chi connectivity index (χ0) is 13.8. The maximum absolute atomic E-state index is 11.7. The van der Waals surface area contributed by atoms with Crippen molar-refractivity contribution in [2.75, 3.05) is 5.88 Å². The monoisotopic (exact) mass is 289 g/mol. The molecule has 8 heteroatoms. The van der Waals surface area contributed by atoms with Crippen molar-refractivity contribution in [2.45, 2.75) is 26.4 Å². The van der Waals surface area contributed by atoms with Gasteiger partial charge in [0.25, 0.3) is 5.91 Å². The molecule has 3 N–H and O–H groups in total. The Bertz CT molecular complexity index is 440. The average Bonchev–Trinajstić information content (AvgIpc) is 2.72. The fraction of sp³-hybridized carbons (Fsp3) is 0.500. The second-order valence-corrected chi connectivity index (χ2v) is 5.97. The van der Waals surface area contributed by atoms with Gasteiger partial charge in [-0.3, -0.25) is 9.52 Å². The van der Waals surface area contributed by atoms with Gasteiger partial charge in [0.1, 0.15) is 5.60 Å². The minimum absolute atomic E-state index is 0.137. The summed E-state index contributed by atoms with van der Waals surface area (Å²) in [6.45, 7) is 5.30. The van der Waals surface area contributed by atoms with E-state index in [1.807, 2.05) is 0 Å². The quantitative estimate of drug-likeness (QED) is 0.494. The molecule has 0 unspecified atom stereocenters. The highest BCUT2D eigenvalue weighted by Gasteiger charge is 2.21. The molecule has 0 atom stereocenters. The summed E-state index contributed by atoms with van der Waals surface area (Å²) in [4.78, 5) is 27.1. The van der Waals surface area contributed by atoms with Gasteiger partial charge in [-0.1, -0.05) is 0 Å². The lowest BCUT2D eigenvalue weighted by molar-refractivity contribution is 0.00637. The smallest absolute Gasteiger partial charge is 0.358 e. The molecule has 0 aliphatic rings. The molecule has 6 nitrogen and oxygen atoms in total. The van der Waals surface area contributed by atoms with Gasteiger partial charge in [-0.15, -0.1) is 11.3 Å². The van der Waals surface area contributed by atoms with Gasteiger partial charge in [0.05, 0.1) is 5.88 Å². The van der Waals surface area contributed by atoms with Crippen molar-refractivity contribution in [1.29, 1.82) is 0 Å². The summed E-state index contributed by atoms with van der Waals surface area (Å²) < 4.78 is 7.64. The predicted molar refractivity (Wildman–Crippen MR) is 71.4 cm³/mol. The Morgan fingerprint density at radius 3 is 2.78 bits per heavy atom. The summed E-state index contributed by atoms with van der Waals surface area (Å²) in [6, 6.07) is 0. The van der Waals surface area contributed by atoms with E-state index in [0.29, 0.717) is 0 Å². The number of thiazole rings is 1. The van der Waals surface area contributed by atoms with E-state index in [2.05, 4.69) is 9.71 Å². The molecule has 1 rings (SSSR count). The predicted octanol–water partition coefficient (Wildman–Crippen LogP) is 1.39. The van der Waals surface area contributed by atoms with Crippen molar-refractivity contribution in [1.82, 2.24) is 9.71 Å². The van der Waals surface area contributed by atoms with Gasteiger partial charge in [0, 0.05) is 5.38 Å². The van der Waals surface area contributed by atoms with Crippen molar-refractivity contribution in [3.63, 3.8) is 0 Å². The molecule has 0 bridgehead atoms. The Hall–Kier alpha value is -1.12. The van der Waals surface area contributed by atoms with Crippen molar-refractivity contribution < 1.29 is 14.3 Å². The molecule has 18 heavy (non-hydrogen) atoms. The van der Waals surface area contributed by atoms with Crippen molar-refractivity contribution >= 4 is 35.2 Å². The number of hydrogen-bond donors (Lipinski definition) is 2. The van der Waals surface area contributed by atoms with E-state index in [0.717, 1.165) is 23.3 Å². The van der Waals surface area contributed by atoms with Gasteiger partial charge in [0.15, 0.2) is 10.7 Å². The standard InChI is InChI=1S/C10H15N3O3S2/c1-10(2,3)16-9(15)6-4-17-8(12-6)7(14)13-18-5-11/h4H,5,11H2,1-3H3,(H,13,14). The summed E-state index contributed by atoms with van der Waals surface area (Å²) in [6.07, 6.45) is 0. The normalized spacial score (nSPS) is 11.1. The second-order valence-electron chi connectivity index (χ2n) is 4.28. The van der Waals surface area contributed by atoms with E-state index in [1.54, 1.807) is 20.8 Å². The molecule has 0 fully saturated rings. The fourth-order valence-corrected chi connectivity index (χ4v) is 2.01. The lowest BCUT2D eigenvalue weighted by Crippen LogP contribution is -2.24. The third-order valence-corrected chi connectivity index (χ3v) is 2.89. The summed E-state index contributed by atoms with van der Waals surface area (Å²) in [5.41, 5.74) is 4.79. The van der Waals surface area contributed by atoms with Crippen LogP contribution in [0.15, 0.2) is 5.38 Å². The molecule has 0 saturated carbocycles. The average molecular weight is 289 g/mol. The van der Waals surface area contributed by atoms with Crippen molar-refractivity contribution in [3.8, 4) is 0 Å². The largest absolute Gasteiger partial charge is 0.455 e. The molecular formula is C10H15N3O3S2. The van der Waals surface area contributed by atoms with Gasteiger partial charge in [0.2, 0.25) is 0 Å². The Morgan fingerprint density at radius 2 is 2.22 bits per heavy atom. The highest BCUT2D eigenvalue weighted by Crippen LogP contribution is 2.15. The van der Waals surface area contributed by atoms with Gasteiger partial charge >= 0.3 is 5.97 Å². The number of nitrogens with one attached hydrogen (secondary N) is 1. The number of carbonyl (C=O) groups excluding carboxylic acids is 2. The molecule has 0 radical (unpaired) electrons. The molecule has 0 spiro atoms. The Labute approximate surface area is 113 Å². The summed E-state index contributed by atoms with van der Waals surface area (Å²) in [5.74, 6) is -0.634. The van der Waals surface area contributed by atoms with Crippen LogP contribution in [0.5, 0.6) is 0 Å². The lowest BCUT2D eigenvalue weighted by atomic mass is 10.2. The zero-order valence-corrected chi connectivity index (χ0v) is 12.0. The Balaban J connectivity index is 2.68. The van der Waals surface area contributed by atoms with Crippen LogP contribution >= 0.6 is 23.3 Å². The summed E-state index contributed by atoms with van der Waals surface area (Å²) in [5, 5.41) is 1.70. The molecular weight excluding hydrogens is 274 g/mol. The molecule has 1 aromatic heterocycles. The first-order valence-electron chi connectivity index (χ1n) is 5.14. The van der Waals surface area contributed by atoms with E-state index in [-0.39, 0.29) is 22.5 Å². The topological polar surface area (TPSA) is 94.3 Å². The number of nitrogens with zero attached hydrogens (tertiary/aromatic N) is 1. The number of aromatic nitrogens is 1. The van der Waals surface area contributed by atoms with Gasteiger partial charge < -0.3 is 10.5 Å². The Morgan fingerprint density at radius 1 is 1.56 bits per heavy atom. The van der Waals surface area contributed by atoms with Crippen LogP contribution in [0.25, 0.3) is 0 Å². The van der Waals surface area contributed by atoms with E-state index >= 15 is 0 Å². The first kappa shape index (κ1) is 14.9. The van der Waals surface area contributed by atoms with E-state index < -0.39 is 11.6 Å². The van der Waals surface area contributed by atoms with Gasteiger partial charge in [-0.05, 0) is 32.7 Å². The second kappa shape index (κ2) is 6.17. The first-order chi connectivity index (χ1) is 8.33. The number of hydrogen-bond acceptors (Lipinski definition) is 7. The van der Waals surface area contributed by atoms with E-state index in [1.165, 1.54) is 5.38 Å². The molecule has 100 valence electrons. The fourth-order valence-electron chi connectivity index (χ4n) is 0.953. The SMILES string of the molecule is CC(C)(C)OC(=O)c1csc(C(=O)NSCN)n1. The van der Waals surface area contributed by atoms with E-state index in [9.17, 15) is 9.59 Å². The molecule has 0 aliphatic carbocycles. The molecule has 0 saturated heterocycles. The third kappa shape index (κ3) is 4.63. The van der Waals surface area contributed by atoms with Gasteiger partial charge in [-0.25, -0.2) is 9.78 Å². The number of nitrogens with two attached hydrogens (primary N) is 1. The minimum atomic E-state index is -0.585. The van der Waals surface area contributed by atoms with Crippen LogP contribution in [0.1, 0.15) is 41.1 Å². The van der Waals surface area contributed by atoms with Gasteiger partial charge in [-0.2, -0.15) is 0 Å². The minimum Gasteiger partial charge on any atom is -0.455 e. The highest BCUT2D eigenvalue weighted by molar-refractivity contribution is 7.97. The number of carbonyl (C=O) groups is 2. The molecule has 0 aliphatic heterocycles. The van der Waals surface area contributed by atoms with Crippen LogP contribution in [0.3, 0.4) is 0 Å². The zero-order valence-electron chi connectivity index (χ0n) is 10.4. The molecule has 1 amide bonds. The Kier molecular flexibility index (Phi) is 5.12. The maximum Gasteiger partial charge on any atom is 0.358 e. The number of amides is 1. The van der Waals surface area contributed by atoms with E-state index in [4.69, 9.17) is 10.5 Å². The number of ether oxygens (including phenoxy) is 1.